The Hall–Kier alpha value is -1.97. The Bertz CT molecular complexity index is 515. The lowest BCUT2D eigenvalue weighted by Gasteiger charge is -2.18. The molecular formula is C18H27N3O. The largest absolute Gasteiger partial charge is 0.491 e. The summed E-state index contributed by atoms with van der Waals surface area (Å²) in [6.45, 7) is 5.71. The lowest BCUT2D eigenvalue weighted by molar-refractivity contribution is 0.317. The van der Waals surface area contributed by atoms with Crippen LogP contribution in [-0.2, 0) is 0 Å². The molecule has 4 nitrogen and oxygen atoms in total. The highest BCUT2D eigenvalue weighted by atomic mass is 16.5. The number of para-hydroxylation sites is 1. The summed E-state index contributed by atoms with van der Waals surface area (Å²) in [5.41, 5.74) is 1.25. The Kier molecular flexibility index (Phi) is 6.31. The van der Waals surface area contributed by atoms with Crippen molar-refractivity contribution in [3.05, 3.63) is 42.0 Å². The average molecular weight is 301 g/mol. The summed E-state index contributed by atoms with van der Waals surface area (Å²) >= 11 is 0. The number of guanidine groups is 1. The molecule has 1 aromatic rings. The molecule has 22 heavy (non-hydrogen) atoms. The molecule has 120 valence electrons. The van der Waals surface area contributed by atoms with Crippen molar-refractivity contribution in [3.63, 3.8) is 0 Å². The Labute approximate surface area is 133 Å². The zero-order valence-corrected chi connectivity index (χ0v) is 13.8. The standard InChI is InChI=1S/C18H27N3O/c1-14(2)16-10-6-7-11-17(16)22-13-12-20-18(19-3)21-15-8-4-5-9-15/h4-7,10-11,14-15H,8-9,12-13H2,1-3H3,(H2,19,20,21). The van der Waals surface area contributed by atoms with Crippen LogP contribution in [0.5, 0.6) is 5.75 Å². The fourth-order valence-electron chi connectivity index (χ4n) is 2.54. The van der Waals surface area contributed by atoms with E-state index in [2.05, 4.69) is 53.8 Å². The van der Waals surface area contributed by atoms with Crippen LogP contribution >= 0.6 is 0 Å². The van der Waals surface area contributed by atoms with Gasteiger partial charge in [-0.3, -0.25) is 4.99 Å². The SMILES string of the molecule is CN=C(NCCOc1ccccc1C(C)C)NC1CC=CC1. The zero-order chi connectivity index (χ0) is 15.8. The summed E-state index contributed by atoms with van der Waals surface area (Å²) in [5.74, 6) is 2.28. The number of ether oxygens (including phenoxy) is 1. The molecule has 0 bridgehead atoms. The molecule has 0 unspecified atom stereocenters. The first-order chi connectivity index (χ1) is 10.7. The molecule has 0 aromatic heterocycles. The van der Waals surface area contributed by atoms with Gasteiger partial charge in [0.1, 0.15) is 12.4 Å². The molecule has 0 atom stereocenters. The van der Waals surface area contributed by atoms with Gasteiger partial charge in [0.2, 0.25) is 0 Å². The van der Waals surface area contributed by atoms with Crippen molar-refractivity contribution in [1.29, 1.82) is 0 Å². The number of aliphatic imine (C=N–C) groups is 1. The molecule has 0 spiro atoms. The maximum absolute atomic E-state index is 5.91. The molecule has 2 rings (SSSR count). The van der Waals surface area contributed by atoms with Crippen LogP contribution in [0.15, 0.2) is 41.4 Å². The van der Waals surface area contributed by atoms with Crippen molar-refractivity contribution < 1.29 is 4.74 Å². The minimum Gasteiger partial charge on any atom is -0.491 e. The third-order valence-electron chi connectivity index (χ3n) is 3.77. The quantitative estimate of drug-likeness (QED) is 0.367. The number of hydrogen-bond donors (Lipinski definition) is 2. The lowest BCUT2D eigenvalue weighted by atomic mass is 10.0. The molecule has 1 aliphatic carbocycles. The maximum atomic E-state index is 5.91. The number of hydrogen-bond acceptors (Lipinski definition) is 2. The lowest BCUT2D eigenvalue weighted by Crippen LogP contribution is -2.43. The van der Waals surface area contributed by atoms with Crippen molar-refractivity contribution in [1.82, 2.24) is 10.6 Å². The van der Waals surface area contributed by atoms with Crippen molar-refractivity contribution in [2.24, 2.45) is 4.99 Å². The normalized spacial score (nSPS) is 15.4. The van der Waals surface area contributed by atoms with Gasteiger partial charge in [0.15, 0.2) is 5.96 Å². The van der Waals surface area contributed by atoms with Crippen molar-refractivity contribution in [2.45, 2.75) is 38.6 Å². The Balaban J connectivity index is 1.74. The molecule has 4 heteroatoms. The van der Waals surface area contributed by atoms with Crippen molar-refractivity contribution >= 4 is 5.96 Å². The molecule has 0 fully saturated rings. The van der Waals surface area contributed by atoms with Crippen LogP contribution in [0, 0.1) is 0 Å². The molecular weight excluding hydrogens is 274 g/mol. The van der Waals surface area contributed by atoms with Crippen LogP contribution in [0.4, 0.5) is 0 Å². The minimum atomic E-state index is 0.466. The van der Waals surface area contributed by atoms with Gasteiger partial charge in [-0.2, -0.15) is 0 Å². The van der Waals surface area contributed by atoms with E-state index in [1.807, 2.05) is 12.1 Å². The third-order valence-corrected chi connectivity index (χ3v) is 3.77. The molecule has 2 N–H and O–H groups in total. The number of rotatable bonds is 6. The molecule has 0 aliphatic heterocycles. The van der Waals surface area contributed by atoms with Crippen molar-refractivity contribution in [2.75, 3.05) is 20.2 Å². The van der Waals surface area contributed by atoms with E-state index < -0.39 is 0 Å². The second kappa shape index (κ2) is 8.47. The first-order valence-corrected chi connectivity index (χ1v) is 8.04. The number of nitrogens with one attached hydrogen (secondary N) is 2. The summed E-state index contributed by atoms with van der Waals surface area (Å²) in [6, 6.07) is 8.70. The molecule has 1 aliphatic rings. The second-order valence-corrected chi connectivity index (χ2v) is 5.82. The monoisotopic (exact) mass is 301 g/mol. The molecule has 0 amide bonds. The van der Waals surface area contributed by atoms with Crippen LogP contribution in [-0.4, -0.2) is 32.2 Å². The predicted octanol–water partition coefficient (Wildman–Crippen LogP) is 3.07. The van der Waals surface area contributed by atoms with Gasteiger partial charge in [0, 0.05) is 13.1 Å². The van der Waals surface area contributed by atoms with E-state index in [9.17, 15) is 0 Å². The highest BCUT2D eigenvalue weighted by Crippen LogP contribution is 2.25. The van der Waals surface area contributed by atoms with Crippen molar-refractivity contribution in [3.8, 4) is 5.75 Å². The number of benzene rings is 1. The first kappa shape index (κ1) is 16.4. The van der Waals surface area contributed by atoms with Crippen LogP contribution < -0.4 is 15.4 Å². The summed E-state index contributed by atoms with van der Waals surface area (Å²) in [7, 11) is 1.80. The molecule has 0 heterocycles. The number of nitrogens with zero attached hydrogens (tertiary/aromatic N) is 1. The van der Waals surface area contributed by atoms with E-state index in [0.29, 0.717) is 18.6 Å². The van der Waals surface area contributed by atoms with Crippen LogP contribution in [0.3, 0.4) is 0 Å². The third kappa shape index (κ3) is 4.79. The molecule has 1 aromatic carbocycles. The smallest absolute Gasteiger partial charge is 0.191 e. The molecule has 0 saturated carbocycles. The minimum absolute atomic E-state index is 0.466. The van der Waals surface area contributed by atoms with E-state index in [1.54, 1.807) is 7.05 Å². The highest BCUT2D eigenvalue weighted by Gasteiger charge is 2.11. The predicted molar refractivity (Wildman–Crippen MR) is 92.7 cm³/mol. The second-order valence-electron chi connectivity index (χ2n) is 5.82. The first-order valence-electron chi connectivity index (χ1n) is 8.04. The topological polar surface area (TPSA) is 45.7 Å². The van der Waals surface area contributed by atoms with E-state index in [4.69, 9.17) is 4.74 Å². The van der Waals surface area contributed by atoms with E-state index >= 15 is 0 Å². The molecule has 0 saturated heterocycles. The van der Waals surface area contributed by atoms with Gasteiger partial charge < -0.3 is 15.4 Å². The van der Waals surface area contributed by atoms with Gasteiger partial charge in [-0.05, 0) is 30.4 Å². The van der Waals surface area contributed by atoms with Crippen LogP contribution in [0.1, 0.15) is 38.2 Å². The Morgan fingerprint density at radius 1 is 1.27 bits per heavy atom. The van der Waals surface area contributed by atoms with Crippen LogP contribution in [0.2, 0.25) is 0 Å². The highest BCUT2D eigenvalue weighted by molar-refractivity contribution is 5.80. The van der Waals surface area contributed by atoms with Gasteiger partial charge in [-0.15, -0.1) is 0 Å². The van der Waals surface area contributed by atoms with Gasteiger partial charge in [0.05, 0.1) is 6.54 Å². The maximum Gasteiger partial charge on any atom is 0.191 e. The Morgan fingerprint density at radius 3 is 2.68 bits per heavy atom. The van der Waals surface area contributed by atoms with E-state index in [0.717, 1.165) is 31.1 Å². The van der Waals surface area contributed by atoms with E-state index in [1.165, 1.54) is 5.56 Å². The summed E-state index contributed by atoms with van der Waals surface area (Å²) in [6.07, 6.45) is 6.55. The summed E-state index contributed by atoms with van der Waals surface area (Å²) in [5, 5.41) is 6.72. The van der Waals surface area contributed by atoms with Crippen LogP contribution in [0.25, 0.3) is 0 Å². The van der Waals surface area contributed by atoms with E-state index in [-0.39, 0.29) is 0 Å². The fraction of sp³-hybridized carbons (Fsp3) is 0.500. The van der Waals surface area contributed by atoms with Gasteiger partial charge in [-0.1, -0.05) is 44.2 Å². The average Bonchev–Trinajstić information content (AvgIpc) is 3.03. The summed E-state index contributed by atoms with van der Waals surface area (Å²) < 4.78 is 5.91. The zero-order valence-electron chi connectivity index (χ0n) is 13.8. The van der Waals surface area contributed by atoms with Gasteiger partial charge >= 0.3 is 0 Å². The Morgan fingerprint density at radius 2 is 2.00 bits per heavy atom. The summed E-state index contributed by atoms with van der Waals surface area (Å²) in [4.78, 5) is 4.25. The fourth-order valence-corrected chi connectivity index (χ4v) is 2.54. The van der Waals surface area contributed by atoms with Gasteiger partial charge in [-0.25, -0.2) is 0 Å². The van der Waals surface area contributed by atoms with Gasteiger partial charge in [0.25, 0.3) is 0 Å². The molecule has 0 radical (unpaired) electrons.